The topological polar surface area (TPSA) is 98.8 Å². The van der Waals surface area contributed by atoms with Crippen LogP contribution < -0.4 is 15.5 Å². The van der Waals surface area contributed by atoms with E-state index in [1.807, 2.05) is 0 Å². The zero-order chi connectivity index (χ0) is 20.8. The minimum atomic E-state index is -1.42. The molecule has 2 heterocycles. The van der Waals surface area contributed by atoms with Crippen LogP contribution in [0.15, 0.2) is 48.5 Å². The summed E-state index contributed by atoms with van der Waals surface area (Å²) < 4.78 is 0. The van der Waals surface area contributed by atoms with Gasteiger partial charge in [-0.3, -0.25) is 24.1 Å². The maximum Gasteiger partial charge on any atom is 0.271 e. The number of anilines is 3. The lowest BCUT2D eigenvalue weighted by Gasteiger charge is -2.47. The van der Waals surface area contributed by atoms with Crippen LogP contribution in [-0.2, 0) is 14.4 Å². The van der Waals surface area contributed by atoms with Gasteiger partial charge in [0.05, 0.1) is 11.3 Å². The SMILES string of the molecule is CC(=O)Nc1ccc(NC(=O)[C@@]23CCC(=O)N2c2ccccc2C(=O)N3C)cc1. The highest BCUT2D eigenvalue weighted by Crippen LogP contribution is 2.44. The summed E-state index contributed by atoms with van der Waals surface area (Å²) in [4.78, 5) is 53.0. The Morgan fingerprint density at radius 2 is 1.59 bits per heavy atom. The molecule has 0 radical (unpaired) electrons. The minimum absolute atomic E-state index is 0.168. The van der Waals surface area contributed by atoms with Crippen molar-refractivity contribution in [1.29, 1.82) is 0 Å². The third-order valence-corrected chi connectivity index (χ3v) is 5.37. The highest BCUT2D eigenvalue weighted by Gasteiger charge is 2.59. The Morgan fingerprint density at radius 3 is 2.24 bits per heavy atom. The van der Waals surface area contributed by atoms with Crippen molar-refractivity contribution in [3.05, 3.63) is 54.1 Å². The highest BCUT2D eigenvalue weighted by molar-refractivity contribution is 6.18. The number of hydrogen-bond donors (Lipinski definition) is 2. The molecule has 4 amide bonds. The summed E-state index contributed by atoms with van der Waals surface area (Å²) in [6, 6.07) is 13.4. The van der Waals surface area contributed by atoms with Crippen LogP contribution in [0.5, 0.6) is 0 Å². The highest BCUT2D eigenvalue weighted by atomic mass is 16.2. The zero-order valence-corrected chi connectivity index (χ0v) is 16.1. The predicted octanol–water partition coefficient (Wildman–Crippen LogP) is 2.19. The standard InChI is InChI=1S/C21H20N4O4/c1-13(26)22-14-7-9-15(10-8-14)23-20(29)21-12-11-18(27)25(21)17-6-4-3-5-16(17)19(28)24(21)2/h3-10H,11-12H2,1-2H3,(H,22,26)(H,23,29)/t21-/m1/s1. The van der Waals surface area contributed by atoms with Crippen molar-refractivity contribution < 1.29 is 19.2 Å². The Labute approximate surface area is 167 Å². The minimum Gasteiger partial charge on any atom is -0.326 e. The second kappa shape index (κ2) is 6.73. The van der Waals surface area contributed by atoms with Gasteiger partial charge < -0.3 is 15.5 Å². The summed E-state index contributed by atoms with van der Waals surface area (Å²) in [7, 11) is 1.54. The molecule has 2 aromatic rings. The molecule has 1 atom stereocenters. The zero-order valence-electron chi connectivity index (χ0n) is 16.1. The van der Waals surface area contributed by atoms with Crippen LogP contribution in [0.25, 0.3) is 0 Å². The van der Waals surface area contributed by atoms with Crippen molar-refractivity contribution in [2.24, 2.45) is 0 Å². The van der Waals surface area contributed by atoms with E-state index in [2.05, 4.69) is 10.6 Å². The van der Waals surface area contributed by atoms with Crippen molar-refractivity contribution in [3.8, 4) is 0 Å². The van der Waals surface area contributed by atoms with E-state index < -0.39 is 11.6 Å². The van der Waals surface area contributed by atoms with Gasteiger partial charge in [-0.15, -0.1) is 0 Å². The monoisotopic (exact) mass is 392 g/mol. The van der Waals surface area contributed by atoms with Gasteiger partial charge in [0.1, 0.15) is 0 Å². The van der Waals surface area contributed by atoms with E-state index in [0.29, 0.717) is 22.6 Å². The summed E-state index contributed by atoms with van der Waals surface area (Å²) in [6.07, 6.45) is 0.374. The smallest absolute Gasteiger partial charge is 0.271 e. The average molecular weight is 392 g/mol. The number of hydrogen-bond acceptors (Lipinski definition) is 4. The van der Waals surface area contributed by atoms with Crippen molar-refractivity contribution in [1.82, 2.24) is 4.90 Å². The second-order valence-electron chi connectivity index (χ2n) is 7.14. The number of likely N-dealkylation sites (N-methyl/N-ethyl adjacent to an activating group) is 1. The quantitative estimate of drug-likeness (QED) is 0.836. The van der Waals surface area contributed by atoms with E-state index in [4.69, 9.17) is 0 Å². The Bertz CT molecular complexity index is 1030. The molecule has 2 aliphatic rings. The third kappa shape index (κ3) is 2.84. The Balaban J connectivity index is 1.69. The van der Waals surface area contributed by atoms with Crippen LogP contribution >= 0.6 is 0 Å². The number of fused-ring (bicyclic) bond motifs is 3. The van der Waals surface area contributed by atoms with Crippen molar-refractivity contribution in [2.45, 2.75) is 25.4 Å². The van der Waals surface area contributed by atoms with E-state index in [1.54, 1.807) is 55.6 Å². The van der Waals surface area contributed by atoms with Gasteiger partial charge in [-0.2, -0.15) is 0 Å². The molecule has 0 aliphatic carbocycles. The average Bonchev–Trinajstić information content (AvgIpc) is 3.06. The summed E-state index contributed by atoms with van der Waals surface area (Å²) in [5.41, 5.74) is 0.532. The van der Waals surface area contributed by atoms with Crippen LogP contribution in [0.4, 0.5) is 17.1 Å². The van der Waals surface area contributed by atoms with Crippen LogP contribution in [0.1, 0.15) is 30.1 Å². The fourth-order valence-corrected chi connectivity index (χ4v) is 4.00. The van der Waals surface area contributed by atoms with Gasteiger partial charge in [-0.25, -0.2) is 0 Å². The number of rotatable bonds is 3. The lowest BCUT2D eigenvalue weighted by Crippen LogP contribution is -2.68. The van der Waals surface area contributed by atoms with Gasteiger partial charge >= 0.3 is 0 Å². The van der Waals surface area contributed by atoms with Crippen molar-refractivity contribution in [3.63, 3.8) is 0 Å². The van der Waals surface area contributed by atoms with Crippen molar-refractivity contribution in [2.75, 3.05) is 22.6 Å². The number of carbonyl (C=O) groups is 4. The van der Waals surface area contributed by atoms with Gasteiger partial charge in [-0.1, -0.05) is 12.1 Å². The molecule has 4 rings (SSSR count). The van der Waals surface area contributed by atoms with Gasteiger partial charge in [-0.05, 0) is 36.4 Å². The molecule has 0 spiro atoms. The maximum atomic E-state index is 13.4. The Hall–Kier alpha value is -3.68. The molecule has 0 saturated carbocycles. The first kappa shape index (κ1) is 18.7. The molecular formula is C21H20N4O4. The molecule has 148 valence electrons. The largest absolute Gasteiger partial charge is 0.326 e. The van der Waals surface area contributed by atoms with Gasteiger partial charge in [0.15, 0.2) is 0 Å². The molecule has 1 saturated heterocycles. The van der Waals surface area contributed by atoms with E-state index in [9.17, 15) is 19.2 Å². The molecule has 0 bridgehead atoms. The number of carbonyl (C=O) groups excluding carboxylic acids is 4. The van der Waals surface area contributed by atoms with E-state index in [0.717, 1.165) is 0 Å². The van der Waals surface area contributed by atoms with Crippen LogP contribution in [0.3, 0.4) is 0 Å². The first-order chi connectivity index (χ1) is 13.8. The van der Waals surface area contributed by atoms with Crippen LogP contribution in [0.2, 0.25) is 0 Å². The van der Waals surface area contributed by atoms with Crippen molar-refractivity contribution >= 4 is 40.7 Å². The number of amides is 4. The van der Waals surface area contributed by atoms with Gasteiger partial charge in [0.2, 0.25) is 17.5 Å². The van der Waals surface area contributed by atoms with Crippen LogP contribution in [-0.4, -0.2) is 41.2 Å². The molecule has 29 heavy (non-hydrogen) atoms. The fourth-order valence-electron chi connectivity index (χ4n) is 4.00. The van der Waals surface area contributed by atoms with Crippen LogP contribution in [0, 0.1) is 0 Å². The molecule has 8 nitrogen and oxygen atoms in total. The summed E-state index contributed by atoms with van der Waals surface area (Å²) >= 11 is 0. The molecule has 2 aromatic carbocycles. The molecule has 8 heteroatoms. The maximum absolute atomic E-state index is 13.4. The number of para-hydroxylation sites is 1. The number of nitrogens with zero attached hydrogens (tertiary/aromatic N) is 2. The Kier molecular flexibility index (Phi) is 4.34. The molecule has 0 unspecified atom stereocenters. The van der Waals surface area contributed by atoms with E-state index >= 15 is 0 Å². The lowest BCUT2D eigenvalue weighted by molar-refractivity contribution is -0.128. The lowest BCUT2D eigenvalue weighted by atomic mass is 9.96. The molecule has 2 N–H and O–H groups in total. The van der Waals surface area contributed by atoms with E-state index in [1.165, 1.54) is 16.7 Å². The fraction of sp³-hybridized carbons (Fsp3) is 0.238. The first-order valence-electron chi connectivity index (χ1n) is 9.24. The summed E-state index contributed by atoms with van der Waals surface area (Å²) in [5, 5.41) is 5.47. The van der Waals surface area contributed by atoms with E-state index in [-0.39, 0.29) is 30.6 Å². The second-order valence-corrected chi connectivity index (χ2v) is 7.14. The predicted molar refractivity (Wildman–Crippen MR) is 107 cm³/mol. The Morgan fingerprint density at radius 1 is 0.966 bits per heavy atom. The number of nitrogens with one attached hydrogen (secondary N) is 2. The first-order valence-corrected chi connectivity index (χ1v) is 9.24. The molecule has 2 aliphatic heterocycles. The van der Waals surface area contributed by atoms with Gasteiger partial charge in [0, 0.05) is 38.2 Å². The molecular weight excluding hydrogens is 372 g/mol. The molecule has 0 aromatic heterocycles. The summed E-state index contributed by atoms with van der Waals surface area (Å²) in [5.74, 6) is -1.15. The summed E-state index contributed by atoms with van der Waals surface area (Å²) in [6.45, 7) is 1.41. The normalized spacial score (nSPS) is 20.2. The third-order valence-electron chi connectivity index (χ3n) is 5.37. The van der Waals surface area contributed by atoms with Gasteiger partial charge in [0.25, 0.3) is 11.8 Å². The number of benzene rings is 2. The molecule has 1 fully saturated rings.